The maximum Gasteiger partial charge on any atom is 0.330 e. The molecule has 0 aromatic heterocycles. The maximum absolute atomic E-state index is 12.5. The Bertz CT molecular complexity index is 370. The van der Waals surface area contributed by atoms with Crippen LogP contribution in [0.1, 0.15) is 5.56 Å². The van der Waals surface area contributed by atoms with E-state index in [1.807, 2.05) is 0 Å². The van der Waals surface area contributed by atoms with E-state index in [-0.39, 0.29) is 13.2 Å². The van der Waals surface area contributed by atoms with E-state index in [1.165, 1.54) is 0 Å². The second-order valence-corrected chi connectivity index (χ2v) is 3.81. The highest BCUT2D eigenvalue weighted by Crippen LogP contribution is 2.22. The van der Waals surface area contributed by atoms with Gasteiger partial charge in [0.1, 0.15) is 19.0 Å². The zero-order valence-corrected chi connectivity index (χ0v) is 10.1. The smallest absolute Gasteiger partial charge is 0.330 e. The largest absolute Gasteiger partial charge is 0.491 e. The molecule has 0 bridgehead atoms. The molecule has 1 aromatic carbocycles. The van der Waals surface area contributed by atoms with Crippen LogP contribution in [0.25, 0.3) is 0 Å². The van der Waals surface area contributed by atoms with Gasteiger partial charge in [-0.2, -0.15) is 8.78 Å². The van der Waals surface area contributed by atoms with E-state index in [1.54, 1.807) is 24.3 Å². The fraction of sp³-hybridized carbons (Fsp3) is 0.500. The average Bonchev–Trinajstić information content (AvgIpc) is 2.38. The van der Waals surface area contributed by atoms with Crippen molar-refractivity contribution in [2.45, 2.75) is 18.9 Å². The molecular formula is C12H15F4NO2. The normalized spacial score (nSPS) is 11.9. The molecule has 0 saturated heterocycles. The summed E-state index contributed by atoms with van der Waals surface area (Å²) in [5.74, 6) is -3.59. The number of benzene rings is 1. The van der Waals surface area contributed by atoms with Gasteiger partial charge in [0.05, 0.1) is 6.61 Å². The minimum atomic E-state index is -4.12. The Morgan fingerprint density at radius 1 is 1.11 bits per heavy atom. The number of hydrogen-bond acceptors (Lipinski definition) is 3. The molecule has 0 spiro atoms. The van der Waals surface area contributed by atoms with Crippen LogP contribution >= 0.6 is 0 Å². The lowest BCUT2D eigenvalue weighted by atomic mass is 10.2. The van der Waals surface area contributed by atoms with Gasteiger partial charge in [-0.25, -0.2) is 8.78 Å². The first kappa shape index (κ1) is 15.7. The Balaban J connectivity index is 2.20. The number of rotatable bonds is 8. The molecule has 0 unspecified atom stereocenters. The van der Waals surface area contributed by atoms with Crippen molar-refractivity contribution in [2.24, 2.45) is 5.73 Å². The maximum atomic E-state index is 12.5. The number of halogens is 4. The van der Waals surface area contributed by atoms with E-state index < -0.39 is 19.0 Å². The zero-order chi connectivity index (χ0) is 14.3. The van der Waals surface area contributed by atoms with Gasteiger partial charge in [0.2, 0.25) is 0 Å². The summed E-state index contributed by atoms with van der Waals surface area (Å²) >= 11 is 0. The Morgan fingerprint density at radius 3 is 2.26 bits per heavy atom. The van der Waals surface area contributed by atoms with Gasteiger partial charge in [-0.3, -0.25) is 0 Å². The summed E-state index contributed by atoms with van der Waals surface area (Å²) < 4.78 is 58.1. The van der Waals surface area contributed by atoms with E-state index in [0.29, 0.717) is 12.3 Å². The first-order chi connectivity index (χ1) is 8.95. The lowest BCUT2D eigenvalue weighted by Gasteiger charge is -2.15. The molecule has 0 heterocycles. The van der Waals surface area contributed by atoms with Crippen LogP contribution in [0.5, 0.6) is 5.75 Å². The molecule has 1 rings (SSSR count). The van der Waals surface area contributed by atoms with Crippen LogP contribution in [0.2, 0.25) is 0 Å². The minimum Gasteiger partial charge on any atom is -0.491 e. The quantitative estimate of drug-likeness (QED) is 0.588. The van der Waals surface area contributed by atoms with Gasteiger partial charge in [0.15, 0.2) is 0 Å². The molecule has 0 aliphatic rings. The summed E-state index contributed by atoms with van der Waals surface area (Å²) in [4.78, 5) is 0. The number of ether oxygens (including phenoxy) is 2. The van der Waals surface area contributed by atoms with Crippen molar-refractivity contribution in [3.63, 3.8) is 0 Å². The van der Waals surface area contributed by atoms with Crippen LogP contribution in [0.4, 0.5) is 17.6 Å². The standard InChI is InChI=1S/C12H15F4NO2/c13-11(14)12(15,16)8-18-5-6-19-10-3-1-9(7-17)2-4-10/h1-4,11H,5-8,17H2. The van der Waals surface area contributed by atoms with E-state index >= 15 is 0 Å². The van der Waals surface area contributed by atoms with E-state index in [4.69, 9.17) is 10.5 Å². The fourth-order valence-electron chi connectivity index (χ4n) is 1.21. The predicted molar refractivity (Wildman–Crippen MR) is 61.6 cm³/mol. The van der Waals surface area contributed by atoms with Crippen molar-refractivity contribution in [3.8, 4) is 5.75 Å². The molecule has 0 radical (unpaired) electrons. The molecule has 1 aromatic rings. The van der Waals surface area contributed by atoms with E-state index in [2.05, 4.69) is 4.74 Å². The van der Waals surface area contributed by atoms with Crippen molar-refractivity contribution >= 4 is 0 Å². The lowest BCUT2D eigenvalue weighted by molar-refractivity contribution is -0.166. The van der Waals surface area contributed by atoms with Crippen LogP contribution in [0, 0.1) is 0 Å². The van der Waals surface area contributed by atoms with Gasteiger partial charge in [0.25, 0.3) is 0 Å². The third kappa shape index (κ3) is 5.44. The van der Waals surface area contributed by atoms with Crippen LogP contribution < -0.4 is 10.5 Å². The lowest BCUT2D eigenvalue weighted by Crippen LogP contribution is -2.33. The molecule has 0 atom stereocenters. The van der Waals surface area contributed by atoms with Gasteiger partial charge < -0.3 is 15.2 Å². The summed E-state index contributed by atoms with van der Waals surface area (Å²) in [5.41, 5.74) is 6.34. The number of alkyl halides is 4. The van der Waals surface area contributed by atoms with Gasteiger partial charge in [-0.15, -0.1) is 0 Å². The summed E-state index contributed by atoms with van der Waals surface area (Å²) in [6.45, 7) is -1.10. The molecule has 19 heavy (non-hydrogen) atoms. The predicted octanol–water partition coefficient (Wildman–Crippen LogP) is 2.44. The van der Waals surface area contributed by atoms with E-state index in [0.717, 1.165) is 5.56 Å². The average molecular weight is 281 g/mol. The minimum absolute atomic E-state index is 0.00128. The first-order valence-corrected chi connectivity index (χ1v) is 5.61. The van der Waals surface area contributed by atoms with E-state index in [9.17, 15) is 17.6 Å². The Labute approximate surface area is 108 Å². The molecule has 3 nitrogen and oxygen atoms in total. The summed E-state index contributed by atoms with van der Waals surface area (Å²) in [6, 6.07) is 6.88. The van der Waals surface area contributed by atoms with Gasteiger partial charge in [-0.05, 0) is 17.7 Å². The third-order valence-corrected chi connectivity index (χ3v) is 2.27. The summed E-state index contributed by atoms with van der Waals surface area (Å²) in [6.07, 6.45) is -3.72. The van der Waals surface area contributed by atoms with Crippen LogP contribution in [0.3, 0.4) is 0 Å². The van der Waals surface area contributed by atoms with Crippen molar-refractivity contribution in [1.29, 1.82) is 0 Å². The highest BCUT2D eigenvalue weighted by atomic mass is 19.3. The monoisotopic (exact) mass is 281 g/mol. The molecule has 0 aliphatic carbocycles. The van der Waals surface area contributed by atoms with Crippen molar-refractivity contribution in [1.82, 2.24) is 0 Å². The third-order valence-electron chi connectivity index (χ3n) is 2.27. The molecule has 0 aliphatic heterocycles. The fourth-order valence-corrected chi connectivity index (χ4v) is 1.21. The Hall–Kier alpha value is -1.34. The Kier molecular flexibility index (Phi) is 6.04. The van der Waals surface area contributed by atoms with Gasteiger partial charge in [-0.1, -0.05) is 12.1 Å². The topological polar surface area (TPSA) is 44.5 Å². The molecule has 0 saturated carbocycles. The highest BCUT2D eigenvalue weighted by molar-refractivity contribution is 5.26. The molecule has 0 fully saturated rings. The van der Waals surface area contributed by atoms with Gasteiger partial charge in [0, 0.05) is 6.54 Å². The number of nitrogens with two attached hydrogens (primary N) is 1. The van der Waals surface area contributed by atoms with Crippen LogP contribution in [-0.2, 0) is 11.3 Å². The van der Waals surface area contributed by atoms with Crippen molar-refractivity contribution < 1.29 is 27.0 Å². The van der Waals surface area contributed by atoms with Crippen LogP contribution in [0.15, 0.2) is 24.3 Å². The molecule has 2 N–H and O–H groups in total. The molecule has 7 heteroatoms. The van der Waals surface area contributed by atoms with Gasteiger partial charge >= 0.3 is 12.3 Å². The SMILES string of the molecule is NCc1ccc(OCCOCC(F)(F)C(F)F)cc1. The van der Waals surface area contributed by atoms with Crippen molar-refractivity contribution in [2.75, 3.05) is 19.8 Å². The van der Waals surface area contributed by atoms with Crippen LogP contribution in [-0.4, -0.2) is 32.2 Å². The molecule has 0 amide bonds. The molecular weight excluding hydrogens is 266 g/mol. The molecule has 108 valence electrons. The first-order valence-electron chi connectivity index (χ1n) is 5.61. The summed E-state index contributed by atoms with van der Waals surface area (Å²) in [5, 5.41) is 0. The second-order valence-electron chi connectivity index (χ2n) is 3.81. The Morgan fingerprint density at radius 2 is 1.74 bits per heavy atom. The summed E-state index contributed by atoms with van der Waals surface area (Å²) in [7, 11) is 0. The highest BCUT2D eigenvalue weighted by Gasteiger charge is 2.40. The number of hydrogen-bond donors (Lipinski definition) is 1. The zero-order valence-electron chi connectivity index (χ0n) is 10.1. The van der Waals surface area contributed by atoms with Crippen molar-refractivity contribution in [3.05, 3.63) is 29.8 Å². The second kappa shape index (κ2) is 7.30.